The minimum Gasteiger partial charge on any atom is -0.504 e. The number of rotatable bonds is 6. The van der Waals surface area contributed by atoms with E-state index in [1.807, 2.05) is 0 Å². The van der Waals surface area contributed by atoms with Crippen LogP contribution in [0.4, 0.5) is 4.79 Å². The Labute approximate surface area is 128 Å². The standard InChI is InChI=1S/C14H20N2O6/c1-4-21-13(19)22-11-7-9(5-6-10(11)17)8-14(2,16-15)12(18)20-3/h5-7,16-17H,4,8,15H2,1-3H3. The van der Waals surface area contributed by atoms with Crippen LogP contribution >= 0.6 is 0 Å². The molecule has 0 aliphatic carbocycles. The molecule has 0 heterocycles. The first kappa shape index (κ1) is 17.7. The van der Waals surface area contributed by atoms with Gasteiger partial charge in [-0.15, -0.1) is 0 Å². The molecule has 1 rings (SSSR count). The number of esters is 1. The summed E-state index contributed by atoms with van der Waals surface area (Å²) in [5.74, 6) is 4.57. The van der Waals surface area contributed by atoms with E-state index in [0.717, 1.165) is 0 Å². The molecule has 8 heteroatoms. The van der Waals surface area contributed by atoms with Gasteiger partial charge in [-0.2, -0.15) is 0 Å². The number of nitrogens with two attached hydrogens (primary N) is 1. The molecule has 0 bridgehead atoms. The van der Waals surface area contributed by atoms with E-state index in [9.17, 15) is 14.7 Å². The monoisotopic (exact) mass is 312 g/mol. The topological polar surface area (TPSA) is 120 Å². The lowest BCUT2D eigenvalue weighted by Crippen LogP contribution is -2.55. The fraction of sp³-hybridized carbons (Fsp3) is 0.429. The van der Waals surface area contributed by atoms with Crippen molar-refractivity contribution in [3.8, 4) is 11.5 Å². The number of phenols is 1. The normalized spacial score (nSPS) is 13.1. The second-order valence-corrected chi connectivity index (χ2v) is 4.73. The third-order valence-electron chi connectivity index (χ3n) is 2.99. The van der Waals surface area contributed by atoms with Crippen molar-refractivity contribution >= 4 is 12.1 Å². The molecule has 4 N–H and O–H groups in total. The molecule has 1 aromatic carbocycles. The number of hydrogen-bond acceptors (Lipinski definition) is 8. The highest BCUT2D eigenvalue weighted by Gasteiger charge is 2.33. The van der Waals surface area contributed by atoms with Gasteiger partial charge in [-0.05, 0) is 31.5 Å². The van der Waals surface area contributed by atoms with Crippen molar-refractivity contribution < 1.29 is 28.9 Å². The van der Waals surface area contributed by atoms with Crippen molar-refractivity contribution in [2.45, 2.75) is 25.8 Å². The van der Waals surface area contributed by atoms with E-state index >= 15 is 0 Å². The van der Waals surface area contributed by atoms with Crippen LogP contribution in [-0.4, -0.2) is 36.5 Å². The maximum Gasteiger partial charge on any atom is 0.513 e. The summed E-state index contributed by atoms with van der Waals surface area (Å²) in [6.45, 7) is 3.35. The number of hydrogen-bond donors (Lipinski definition) is 3. The highest BCUT2D eigenvalue weighted by atomic mass is 16.7. The second-order valence-electron chi connectivity index (χ2n) is 4.73. The molecule has 0 radical (unpaired) electrons. The molecule has 0 spiro atoms. The summed E-state index contributed by atoms with van der Waals surface area (Å²) in [6.07, 6.45) is -0.766. The van der Waals surface area contributed by atoms with Crippen LogP contribution in [0.3, 0.4) is 0 Å². The molecule has 0 saturated heterocycles. The minimum atomic E-state index is -1.16. The lowest BCUT2D eigenvalue weighted by molar-refractivity contribution is -0.147. The van der Waals surface area contributed by atoms with Gasteiger partial charge in [0, 0.05) is 6.42 Å². The van der Waals surface area contributed by atoms with Crippen LogP contribution in [-0.2, 0) is 20.7 Å². The Morgan fingerprint density at radius 3 is 2.64 bits per heavy atom. The molecule has 122 valence electrons. The molecule has 0 aromatic heterocycles. The first-order valence-electron chi connectivity index (χ1n) is 6.59. The quantitative estimate of drug-likeness (QED) is 0.306. The predicted molar refractivity (Wildman–Crippen MR) is 77.2 cm³/mol. The van der Waals surface area contributed by atoms with E-state index in [2.05, 4.69) is 10.2 Å². The van der Waals surface area contributed by atoms with Gasteiger partial charge in [-0.25, -0.2) is 10.2 Å². The number of benzene rings is 1. The molecular weight excluding hydrogens is 292 g/mol. The number of methoxy groups -OCH3 is 1. The maximum absolute atomic E-state index is 11.8. The molecule has 8 nitrogen and oxygen atoms in total. The number of nitrogens with one attached hydrogen (secondary N) is 1. The van der Waals surface area contributed by atoms with Crippen LogP contribution in [0.5, 0.6) is 11.5 Å². The van der Waals surface area contributed by atoms with Gasteiger partial charge >= 0.3 is 12.1 Å². The average Bonchev–Trinajstić information content (AvgIpc) is 2.49. The zero-order valence-electron chi connectivity index (χ0n) is 12.7. The van der Waals surface area contributed by atoms with Crippen LogP contribution in [0.1, 0.15) is 19.4 Å². The van der Waals surface area contributed by atoms with Crippen LogP contribution in [0.25, 0.3) is 0 Å². The van der Waals surface area contributed by atoms with Crippen LogP contribution in [0.2, 0.25) is 0 Å². The number of phenolic OH excluding ortho intramolecular Hbond substituents is 1. The summed E-state index contributed by atoms with van der Waals surface area (Å²) >= 11 is 0. The van der Waals surface area contributed by atoms with E-state index in [1.165, 1.54) is 19.2 Å². The second kappa shape index (κ2) is 7.62. The third-order valence-corrected chi connectivity index (χ3v) is 2.99. The molecule has 1 atom stereocenters. The van der Waals surface area contributed by atoms with Crippen molar-refractivity contribution in [1.82, 2.24) is 5.43 Å². The van der Waals surface area contributed by atoms with Crippen molar-refractivity contribution in [2.24, 2.45) is 5.84 Å². The summed E-state index contributed by atoms with van der Waals surface area (Å²) in [4.78, 5) is 23.1. The summed E-state index contributed by atoms with van der Waals surface area (Å²) in [5.41, 5.74) is 1.84. The van der Waals surface area contributed by atoms with E-state index in [0.29, 0.717) is 5.56 Å². The van der Waals surface area contributed by atoms with Crippen molar-refractivity contribution in [1.29, 1.82) is 0 Å². The number of ether oxygens (including phenoxy) is 3. The van der Waals surface area contributed by atoms with E-state index < -0.39 is 17.7 Å². The van der Waals surface area contributed by atoms with Crippen molar-refractivity contribution in [3.63, 3.8) is 0 Å². The summed E-state index contributed by atoms with van der Waals surface area (Å²) < 4.78 is 14.2. The summed E-state index contributed by atoms with van der Waals surface area (Å²) in [6, 6.07) is 4.34. The highest BCUT2D eigenvalue weighted by molar-refractivity contribution is 5.80. The predicted octanol–water partition coefficient (Wildman–Crippen LogP) is 0.865. The fourth-order valence-corrected chi connectivity index (χ4v) is 1.80. The summed E-state index contributed by atoms with van der Waals surface area (Å²) in [5, 5.41) is 9.70. The smallest absolute Gasteiger partial charge is 0.504 e. The fourth-order valence-electron chi connectivity index (χ4n) is 1.80. The molecule has 22 heavy (non-hydrogen) atoms. The molecule has 0 fully saturated rings. The first-order chi connectivity index (χ1) is 10.4. The SMILES string of the molecule is CCOC(=O)Oc1cc(CC(C)(NN)C(=O)OC)ccc1O. The first-order valence-corrected chi connectivity index (χ1v) is 6.59. The highest BCUT2D eigenvalue weighted by Crippen LogP contribution is 2.29. The largest absolute Gasteiger partial charge is 0.513 e. The molecular formula is C14H20N2O6. The average molecular weight is 312 g/mol. The molecule has 1 unspecified atom stereocenters. The Kier molecular flexibility index (Phi) is 6.14. The van der Waals surface area contributed by atoms with Crippen molar-refractivity contribution in [3.05, 3.63) is 23.8 Å². The Balaban J connectivity index is 2.97. The third kappa shape index (κ3) is 4.34. The number of carbonyl (C=O) groups is 2. The number of aromatic hydroxyl groups is 1. The Morgan fingerprint density at radius 2 is 2.09 bits per heavy atom. The van der Waals surface area contributed by atoms with Crippen LogP contribution in [0, 0.1) is 0 Å². The Morgan fingerprint density at radius 1 is 1.41 bits per heavy atom. The number of carbonyl (C=O) groups excluding carboxylic acids is 2. The molecule has 0 saturated carbocycles. The minimum absolute atomic E-state index is 0.0693. The zero-order chi connectivity index (χ0) is 16.8. The van der Waals surface area contributed by atoms with Gasteiger partial charge in [0.15, 0.2) is 11.5 Å². The molecule has 1 aromatic rings. The van der Waals surface area contributed by atoms with Crippen LogP contribution in [0.15, 0.2) is 18.2 Å². The Hall–Kier alpha value is -2.32. The van der Waals surface area contributed by atoms with Crippen LogP contribution < -0.4 is 16.0 Å². The molecule has 0 amide bonds. The number of hydrazine groups is 1. The zero-order valence-corrected chi connectivity index (χ0v) is 12.7. The van der Waals surface area contributed by atoms with Gasteiger partial charge in [0.1, 0.15) is 5.54 Å². The molecule has 0 aliphatic rings. The van der Waals surface area contributed by atoms with Gasteiger partial charge in [-0.3, -0.25) is 10.6 Å². The van der Waals surface area contributed by atoms with Crippen molar-refractivity contribution in [2.75, 3.05) is 13.7 Å². The lowest BCUT2D eigenvalue weighted by Gasteiger charge is -2.25. The Bertz CT molecular complexity index is 548. The van der Waals surface area contributed by atoms with Gasteiger partial charge < -0.3 is 19.3 Å². The van der Waals surface area contributed by atoms with Gasteiger partial charge in [0.05, 0.1) is 13.7 Å². The lowest BCUT2D eigenvalue weighted by atomic mass is 9.93. The summed E-state index contributed by atoms with van der Waals surface area (Å²) in [7, 11) is 1.25. The van der Waals surface area contributed by atoms with E-state index in [4.69, 9.17) is 15.3 Å². The van der Waals surface area contributed by atoms with E-state index in [-0.39, 0.29) is 24.5 Å². The van der Waals surface area contributed by atoms with E-state index in [1.54, 1.807) is 19.9 Å². The molecule has 0 aliphatic heterocycles. The maximum atomic E-state index is 11.8. The van der Waals surface area contributed by atoms with Gasteiger partial charge in [0.25, 0.3) is 0 Å². The van der Waals surface area contributed by atoms with Gasteiger partial charge in [0.2, 0.25) is 0 Å². The van der Waals surface area contributed by atoms with Gasteiger partial charge in [-0.1, -0.05) is 6.07 Å².